The number of hydrogen-bond donors (Lipinski definition) is 0. The van der Waals surface area contributed by atoms with Crippen molar-refractivity contribution in [1.29, 1.82) is 0 Å². The lowest BCUT2D eigenvalue weighted by atomic mass is 9.93. The van der Waals surface area contributed by atoms with Crippen LogP contribution in [0.2, 0.25) is 0 Å². The fourth-order valence-electron chi connectivity index (χ4n) is 3.65. The van der Waals surface area contributed by atoms with E-state index in [-0.39, 0.29) is 11.1 Å². The number of rotatable bonds is 8. The second-order valence-corrected chi connectivity index (χ2v) is 8.60. The first-order valence-electron chi connectivity index (χ1n) is 10.8. The summed E-state index contributed by atoms with van der Waals surface area (Å²) in [5.41, 5.74) is 1.97. The van der Waals surface area contributed by atoms with Gasteiger partial charge in [0.1, 0.15) is 12.2 Å². The molecular weight excluding hydrogens is 420 g/mol. The molecule has 1 saturated heterocycles. The molecule has 33 heavy (non-hydrogen) atoms. The van der Waals surface area contributed by atoms with E-state index in [0.717, 1.165) is 11.1 Å². The molecule has 0 spiro atoms. The van der Waals surface area contributed by atoms with E-state index in [1.807, 2.05) is 60.7 Å². The van der Waals surface area contributed by atoms with Crippen LogP contribution in [0.5, 0.6) is 0 Å². The van der Waals surface area contributed by atoms with Gasteiger partial charge in [0, 0.05) is 11.1 Å². The van der Waals surface area contributed by atoms with Crippen LogP contribution in [0.15, 0.2) is 85.0 Å². The van der Waals surface area contributed by atoms with Crippen molar-refractivity contribution in [1.82, 2.24) is 0 Å². The normalized spacial score (nSPS) is 21.0. The monoisotopic (exact) mass is 450 g/mol. The van der Waals surface area contributed by atoms with Gasteiger partial charge in [-0.1, -0.05) is 73.8 Å². The van der Waals surface area contributed by atoms with E-state index in [0.29, 0.717) is 0 Å². The third-order valence-electron chi connectivity index (χ3n) is 5.18. The Labute approximate surface area is 194 Å². The molecule has 1 fully saturated rings. The first kappa shape index (κ1) is 24.4. The summed E-state index contributed by atoms with van der Waals surface area (Å²) in [4.78, 5) is 25.1. The van der Waals surface area contributed by atoms with Crippen molar-refractivity contribution >= 4 is 11.9 Å². The molecule has 0 saturated carbocycles. The van der Waals surface area contributed by atoms with Gasteiger partial charge in [-0.05, 0) is 38.8 Å². The quantitative estimate of drug-likeness (QED) is 0.405. The lowest BCUT2D eigenvalue weighted by molar-refractivity contribution is -0.173. The van der Waals surface area contributed by atoms with Crippen molar-refractivity contribution in [3.63, 3.8) is 0 Å². The molecule has 0 amide bonds. The third-order valence-corrected chi connectivity index (χ3v) is 5.18. The molecule has 6 nitrogen and oxygen atoms in total. The Hall–Kier alpha value is -3.22. The largest absolute Gasteiger partial charge is 0.451 e. The standard InChI is InChI=1S/C27H30O6/c1-17(2)25(28)30-21(19-13-9-7-10-14-19)23-24(33-27(5,6)32-23)22(31-26(29)18(3)4)20-15-11-8-12-16-20/h7-16,21-24H,1,3H2,2,4-6H3/t21-,22-,23+,24+/m1/s1. The number of carbonyl (C=O) groups is 2. The van der Waals surface area contributed by atoms with Crippen molar-refractivity contribution in [2.75, 3.05) is 0 Å². The molecule has 174 valence electrons. The summed E-state index contributed by atoms with van der Waals surface area (Å²) in [7, 11) is 0. The van der Waals surface area contributed by atoms with E-state index in [1.54, 1.807) is 27.7 Å². The predicted octanol–water partition coefficient (Wildman–Crippen LogP) is 5.23. The highest BCUT2D eigenvalue weighted by atomic mass is 16.8. The number of benzene rings is 2. The van der Waals surface area contributed by atoms with E-state index in [1.165, 1.54) is 0 Å². The molecule has 2 aromatic carbocycles. The number of carbonyl (C=O) groups excluding carboxylic acids is 2. The Morgan fingerprint density at radius 3 is 1.39 bits per heavy atom. The average molecular weight is 451 g/mol. The van der Waals surface area contributed by atoms with Crippen LogP contribution in [0.25, 0.3) is 0 Å². The van der Waals surface area contributed by atoms with E-state index in [2.05, 4.69) is 13.2 Å². The Balaban J connectivity index is 2.07. The van der Waals surface area contributed by atoms with Gasteiger partial charge >= 0.3 is 11.9 Å². The molecule has 6 heteroatoms. The zero-order valence-electron chi connectivity index (χ0n) is 19.4. The van der Waals surface area contributed by atoms with E-state index < -0.39 is 42.1 Å². The van der Waals surface area contributed by atoms with Crippen LogP contribution in [-0.4, -0.2) is 29.9 Å². The minimum absolute atomic E-state index is 0.263. The highest BCUT2D eigenvalue weighted by molar-refractivity contribution is 5.87. The van der Waals surface area contributed by atoms with Crippen LogP contribution in [-0.2, 0) is 28.5 Å². The zero-order chi connectivity index (χ0) is 24.2. The van der Waals surface area contributed by atoms with Gasteiger partial charge in [-0.3, -0.25) is 0 Å². The lowest BCUT2D eigenvalue weighted by Gasteiger charge is -2.31. The fourth-order valence-corrected chi connectivity index (χ4v) is 3.65. The van der Waals surface area contributed by atoms with Gasteiger partial charge in [-0.15, -0.1) is 0 Å². The Kier molecular flexibility index (Phi) is 7.51. The van der Waals surface area contributed by atoms with Gasteiger partial charge in [0.25, 0.3) is 0 Å². The maximum Gasteiger partial charge on any atom is 0.333 e. The second-order valence-electron chi connectivity index (χ2n) is 8.60. The summed E-state index contributed by atoms with van der Waals surface area (Å²) in [6.07, 6.45) is -3.18. The van der Waals surface area contributed by atoms with E-state index in [4.69, 9.17) is 18.9 Å². The van der Waals surface area contributed by atoms with Gasteiger partial charge in [0.15, 0.2) is 18.0 Å². The first-order chi connectivity index (χ1) is 15.6. The zero-order valence-corrected chi connectivity index (χ0v) is 19.4. The Morgan fingerprint density at radius 1 is 0.758 bits per heavy atom. The van der Waals surface area contributed by atoms with Crippen molar-refractivity contribution in [3.8, 4) is 0 Å². The first-order valence-corrected chi connectivity index (χ1v) is 10.8. The number of esters is 2. The van der Waals surface area contributed by atoms with Crippen LogP contribution in [0.3, 0.4) is 0 Å². The van der Waals surface area contributed by atoms with E-state index >= 15 is 0 Å². The summed E-state index contributed by atoms with van der Waals surface area (Å²) in [5, 5.41) is 0. The minimum Gasteiger partial charge on any atom is -0.451 e. The summed E-state index contributed by atoms with van der Waals surface area (Å²) < 4.78 is 24.2. The molecule has 1 aliphatic heterocycles. The molecule has 1 aliphatic rings. The van der Waals surface area contributed by atoms with Gasteiger partial charge in [-0.2, -0.15) is 0 Å². The van der Waals surface area contributed by atoms with Crippen molar-refractivity contribution in [3.05, 3.63) is 96.1 Å². The summed E-state index contributed by atoms with van der Waals surface area (Å²) in [6, 6.07) is 18.5. The molecule has 0 aromatic heterocycles. The smallest absolute Gasteiger partial charge is 0.333 e. The average Bonchev–Trinajstić information content (AvgIpc) is 3.11. The molecular formula is C27H30O6. The van der Waals surface area contributed by atoms with Crippen molar-refractivity contribution < 1.29 is 28.5 Å². The maximum absolute atomic E-state index is 12.5. The van der Waals surface area contributed by atoms with Gasteiger partial charge in [0.05, 0.1) is 0 Å². The molecule has 0 radical (unpaired) electrons. The Morgan fingerprint density at radius 2 is 1.09 bits per heavy atom. The lowest BCUT2D eigenvalue weighted by Crippen LogP contribution is -2.38. The third kappa shape index (κ3) is 5.97. The molecule has 2 aromatic rings. The molecule has 3 rings (SSSR count). The van der Waals surface area contributed by atoms with Crippen molar-refractivity contribution in [2.24, 2.45) is 0 Å². The van der Waals surface area contributed by atoms with Gasteiger partial charge < -0.3 is 18.9 Å². The second kappa shape index (κ2) is 10.1. The number of ether oxygens (including phenoxy) is 4. The SMILES string of the molecule is C=C(C)C(=O)O[C@H](c1ccccc1)[C@@H]1OC(C)(C)O[C@H]1[C@H](OC(=O)C(=C)C)c1ccccc1. The molecule has 0 bridgehead atoms. The van der Waals surface area contributed by atoms with Crippen molar-refractivity contribution in [2.45, 2.75) is 57.9 Å². The summed E-state index contributed by atoms with van der Waals surface area (Å²) >= 11 is 0. The summed E-state index contributed by atoms with van der Waals surface area (Å²) in [5.74, 6) is -2.11. The molecule has 0 N–H and O–H groups in total. The van der Waals surface area contributed by atoms with Crippen LogP contribution in [0, 0.1) is 0 Å². The van der Waals surface area contributed by atoms with Gasteiger partial charge in [0.2, 0.25) is 0 Å². The number of hydrogen-bond acceptors (Lipinski definition) is 6. The highest BCUT2D eigenvalue weighted by Gasteiger charge is 2.52. The van der Waals surface area contributed by atoms with E-state index in [9.17, 15) is 9.59 Å². The maximum atomic E-state index is 12.5. The van der Waals surface area contributed by atoms with Crippen LogP contribution in [0.4, 0.5) is 0 Å². The minimum atomic E-state index is -1.01. The van der Waals surface area contributed by atoms with Crippen LogP contribution >= 0.6 is 0 Å². The summed E-state index contributed by atoms with van der Waals surface area (Å²) in [6.45, 7) is 14.1. The van der Waals surface area contributed by atoms with Crippen LogP contribution < -0.4 is 0 Å². The molecule has 4 atom stereocenters. The van der Waals surface area contributed by atoms with Crippen LogP contribution in [0.1, 0.15) is 51.0 Å². The van der Waals surface area contributed by atoms with Gasteiger partial charge in [-0.25, -0.2) is 9.59 Å². The predicted molar refractivity (Wildman–Crippen MR) is 124 cm³/mol. The molecule has 0 aliphatic carbocycles. The molecule has 1 heterocycles. The fraction of sp³-hybridized carbons (Fsp3) is 0.333. The highest BCUT2D eigenvalue weighted by Crippen LogP contribution is 2.43. The Bertz CT molecular complexity index is 930. The molecule has 0 unspecified atom stereocenters. The topological polar surface area (TPSA) is 71.1 Å².